The summed E-state index contributed by atoms with van der Waals surface area (Å²) in [4.78, 5) is 0. The molecule has 33 heavy (non-hydrogen) atoms. The molecule has 0 saturated carbocycles. The molecule has 170 valence electrons. The summed E-state index contributed by atoms with van der Waals surface area (Å²) in [6.07, 6.45) is 0.999. The summed E-state index contributed by atoms with van der Waals surface area (Å²) in [7, 11) is -4.94. The van der Waals surface area contributed by atoms with Gasteiger partial charge < -0.3 is 0 Å². The van der Waals surface area contributed by atoms with Gasteiger partial charge in [-0.2, -0.15) is 4.57 Å². The average Bonchev–Trinajstić information content (AvgIpc) is 2.80. The van der Waals surface area contributed by atoms with Crippen LogP contribution in [0.15, 0.2) is 97.1 Å². The van der Waals surface area contributed by atoms with Crippen LogP contribution in [-0.4, -0.2) is 0 Å². The molecule has 0 saturated heterocycles. The predicted octanol–water partition coefficient (Wildman–Crippen LogP) is 1.47. The molecular formula is C27H26ClNO4. The van der Waals surface area contributed by atoms with E-state index in [0.717, 1.165) is 13.0 Å². The fourth-order valence-corrected chi connectivity index (χ4v) is 3.99. The first kappa shape index (κ1) is 24.6. The van der Waals surface area contributed by atoms with Crippen molar-refractivity contribution in [1.82, 2.24) is 0 Å². The molecule has 0 aliphatic rings. The van der Waals surface area contributed by atoms with Crippen molar-refractivity contribution in [1.29, 1.82) is 0 Å². The van der Waals surface area contributed by atoms with Crippen LogP contribution in [0, 0.1) is 17.2 Å². The number of hydrogen-bond acceptors (Lipinski definition) is 4. The lowest BCUT2D eigenvalue weighted by Crippen LogP contribution is -2.68. The third-order valence-electron chi connectivity index (χ3n) is 5.41. The van der Waals surface area contributed by atoms with Gasteiger partial charge in [-0.25, -0.2) is 18.6 Å². The minimum absolute atomic E-state index is 0.879. The van der Waals surface area contributed by atoms with Crippen LogP contribution in [0.1, 0.15) is 23.7 Å². The lowest BCUT2D eigenvalue weighted by atomic mass is 9.95. The number of pyridine rings is 1. The lowest BCUT2D eigenvalue weighted by molar-refractivity contribution is -2.00. The predicted molar refractivity (Wildman–Crippen MR) is 117 cm³/mol. The maximum absolute atomic E-state index is 8.49. The second-order valence-electron chi connectivity index (χ2n) is 7.55. The summed E-state index contributed by atoms with van der Waals surface area (Å²) in [5.41, 5.74) is 9.20. The highest BCUT2D eigenvalue weighted by molar-refractivity contribution is 5.72. The zero-order valence-electron chi connectivity index (χ0n) is 18.6. The molecule has 4 rings (SSSR count). The Labute approximate surface area is 196 Å². The molecule has 0 radical (unpaired) electrons. The van der Waals surface area contributed by atoms with E-state index >= 15 is 0 Å². The Morgan fingerprint density at radius 2 is 1.15 bits per heavy atom. The number of benzene rings is 3. The number of aromatic nitrogens is 1. The van der Waals surface area contributed by atoms with Crippen LogP contribution in [0.3, 0.4) is 0 Å². The van der Waals surface area contributed by atoms with Gasteiger partial charge >= 0.3 is 0 Å². The summed E-state index contributed by atoms with van der Waals surface area (Å²) in [5, 5.41) is 0. The zero-order chi connectivity index (χ0) is 23.8. The topological polar surface area (TPSA) is 96.1 Å². The van der Waals surface area contributed by atoms with E-state index < -0.39 is 10.2 Å². The lowest BCUT2D eigenvalue weighted by Gasteiger charge is -2.17. The number of rotatable bonds is 5. The largest absolute Gasteiger partial charge is 0.222 e. The van der Waals surface area contributed by atoms with Gasteiger partial charge in [0.15, 0.2) is 12.2 Å². The maximum Gasteiger partial charge on any atom is 0.213 e. The highest BCUT2D eigenvalue weighted by Gasteiger charge is 2.24. The van der Waals surface area contributed by atoms with E-state index in [0.29, 0.717) is 0 Å². The Morgan fingerprint density at radius 3 is 1.64 bits per heavy atom. The second-order valence-corrected chi connectivity index (χ2v) is 8.31. The van der Waals surface area contributed by atoms with Gasteiger partial charge in [-0.3, -0.25) is 0 Å². The van der Waals surface area contributed by atoms with Crippen molar-refractivity contribution in [3.63, 3.8) is 0 Å². The molecule has 5 nitrogen and oxygen atoms in total. The Bertz CT molecular complexity index is 1160. The molecular weight excluding hydrogens is 438 g/mol. The summed E-state index contributed by atoms with van der Waals surface area (Å²) < 4.78 is 36.5. The van der Waals surface area contributed by atoms with Gasteiger partial charge in [-0.05, 0) is 30.2 Å². The van der Waals surface area contributed by atoms with E-state index in [1.807, 2.05) is 0 Å². The summed E-state index contributed by atoms with van der Waals surface area (Å²) >= 11 is 0. The van der Waals surface area contributed by atoms with Crippen molar-refractivity contribution in [3.8, 4) is 22.4 Å². The fraction of sp³-hybridized carbons (Fsp3) is 0.148. The summed E-state index contributed by atoms with van der Waals surface area (Å²) in [5.74, 6) is 0. The van der Waals surface area contributed by atoms with Gasteiger partial charge in [0.2, 0.25) is 5.69 Å². The Balaban J connectivity index is 0.000000555. The third-order valence-corrected chi connectivity index (χ3v) is 5.41. The van der Waals surface area contributed by atoms with E-state index in [1.165, 1.54) is 39.2 Å². The first-order chi connectivity index (χ1) is 15.8. The van der Waals surface area contributed by atoms with Crippen LogP contribution < -0.4 is 23.2 Å². The molecule has 0 fully saturated rings. The van der Waals surface area contributed by atoms with Crippen LogP contribution in [0.25, 0.3) is 22.4 Å². The summed E-state index contributed by atoms with van der Waals surface area (Å²) in [6, 6.07) is 34.6. The molecule has 6 heteroatoms. The first-order valence-electron chi connectivity index (χ1n) is 10.6. The van der Waals surface area contributed by atoms with Crippen molar-refractivity contribution in [2.45, 2.75) is 26.8 Å². The monoisotopic (exact) mass is 463 g/mol. The van der Waals surface area contributed by atoms with Gasteiger partial charge in [0, 0.05) is 29.2 Å². The van der Waals surface area contributed by atoms with Crippen LogP contribution in [-0.2, 0) is 13.0 Å². The van der Waals surface area contributed by atoms with Crippen molar-refractivity contribution in [2.75, 3.05) is 0 Å². The van der Waals surface area contributed by atoms with Crippen LogP contribution >= 0.6 is 0 Å². The normalized spacial score (nSPS) is 11.0. The third kappa shape index (κ3) is 6.96. The van der Waals surface area contributed by atoms with Gasteiger partial charge in [0.25, 0.3) is 0 Å². The SMILES string of the molecule is CCc1c(C)c(-c2ccccc2)cc(-c2ccccc2)[n+]1Cc1ccccc1.[O-][Cl+3]([O-])([O-])[O-]. The molecule has 4 aromatic rings. The van der Waals surface area contributed by atoms with Crippen molar-refractivity contribution in [2.24, 2.45) is 0 Å². The minimum Gasteiger partial charge on any atom is -0.222 e. The van der Waals surface area contributed by atoms with E-state index in [-0.39, 0.29) is 0 Å². The van der Waals surface area contributed by atoms with Crippen LogP contribution in [0.2, 0.25) is 0 Å². The molecule has 0 atom stereocenters. The van der Waals surface area contributed by atoms with Crippen molar-refractivity contribution in [3.05, 3.63) is 114 Å². The molecule has 1 heterocycles. The molecule has 3 aromatic carbocycles. The molecule has 0 aliphatic carbocycles. The van der Waals surface area contributed by atoms with Gasteiger partial charge in [-0.15, -0.1) is 10.2 Å². The van der Waals surface area contributed by atoms with Crippen molar-refractivity contribution < 1.29 is 33.4 Å². The van der Waals surface area contributed by atoms with Gasteiger partial charge in [0.05, 0.1) is 0 Å². The molecule has 0 bridgehead atoms. The quantitative estimate of drug-likeness (QED) is 0.419. The zero-order valence-corrected chi connectivity index (χ0v) is 19.4. The van der Waals surface area contributed by atoms with E-state index in [2.05, 4.69) is 115 Å². The number of hydrogen-bond donors (Lipinski definition) is 0. The summed E-state index contributed by atoms with van der Waals surface area (Å²) in [6.45, 7) is 5.40. The Morgan fingerprint density at radius 1 is 0.697 bits per heavy atom. The molecule has 0 amide bonds. The molecule has 1 aromatic heterocycles. The van der Waals surface area contributed by atoms with Crippen LogP contribution in [0.4, 0.5) is 0 Å². The smallest absolute Gasteiger partial charge is 0.213 e. The van der Waals surface area contributed by atoms with E-state index in [1.54, 1.807) is 0 Å². The highest BCUT2D eigenvalue weighted by Crippen LogP contribution is 2.29. The van der Waals surface area contributed by atoms with E-state index in [9.17, 15) is 0 Å². The Hall–Kier alpha value is -3.06. The molecule has 0 aliphatic heterocycles. The maximum atomic E-state index is 8.49. The molecule has 0 spiro atoms. The van der Waals surface area contributed by atoms with Crippen LogP contribution in [0.5, 0.6) is 0 Å². The fourth-order valence-electron chi connectivity index (χ4n) is 3.99. The number of nitrogens with zero attached hydrogens (tertiary/aromatic N) is 1. The molecule has 0 N–H and O–H groups in total. The minimum atomic E-state index is -4.94. The average molecular weight is 464 g/mol. The van der Waals surface area contributed by atoms with Gasteiger partial charge in [-0.1, -0.05) is 85.8 Å². The highest BCUT2D eigenvalue weighted by atomic mass is 35.7. The molecule has 0 unspecified atom stereocenters. The number of halogens is 1. The van der Waals surface area contributed by atoms with Crippen molar-refractivity contribution >= 4 is 0 Å². The first-order valence-corrected chi connectivity index (χ1v) is 11.8. The standard InChI is InChI=1S/C27H26N.ClHO4/c1-3-26-21(2)25(23-15-9-5-10-16-23)19-27(24-17-11-6-12-18-24)28(26)20-22-13-7-4-8-14-22;2-1(3,4)5/h4-19H,3,20H2,1-2H3;(H,2,3,4,5)/q+1;/p-1. The van der Waals surface area contributed by atoms with E-state index in [4.69, 9.17) is 18.6 Å². The van der Waals surface area contributed by atoms with Gasteiger partial charge in [0.1, 0.15) is 0 Å². The second kappa shape index (κ2) is 11.2. The Kier molecular flexibility index (Phi) is 8.33.